The highest BCUT2D eigenvalue weighted by Crippen LogP contribution is 2.16. The Hall–Kier alpha value is -0.380. The van der Waals surface area contributed by atoms with Gasteiger partial charge in [0, 0.05) is 13.1 Å². The third kappa shape index (κ3) is 4.41. The van der Waals surface area contributed by atoms with Crippen LogP contribution >= 0.6 is 11.3 Å². The highest BCUT2D eigenvalue weighted by molar-refractivity contribution is 7.07. The van der Waals surface area contributed by atoms with E-state index < -0.39 is 0 Å². The summed E-state index contributed by atoms with van der Waals surface area (Å²) >= 11 is 1.81. The lowest BCUT2D eigenvalue weighted by Crippen LogP contribution is -2.28. The van der Waals surface area contributed by atoms with Gasteiger partial charge in [-0.15, -0.1) is 0 Å². The van der Waals surface area contributed by atoms with Crippen molar-refractivity contribution in [2.45, 2.75) is 26.2 Å². The molecule has 1 aliphatic heterocycles. The van der Waals surface area contributed by atoms with Crippen molar-refractivity contribution < 1.29 is 0 Å². The first-order valence-corrected chi connectivity index (χ1v) is 7.77. The number of nitrogens with one attached hydrogen (secondary N) is 1. The molecule has 17 heavy (non-hydrogen) atoms. The lowest BCUT2D eigenvalue weighted by molar-refractivity contribution is 0.326. The van der Waals surface area contributed by atoms with Crippen LogP contribution in [0.15, 0.2) is 16.8 Å². The number of likely N-dealkylation sites (tertiary alicyclic amines) is 1. The predicted molar refractivity (Wildman–Crippen MR) is 75.7 cm³/mol. The van der Waals surface area contributed by atoms with Gasteiger partial charge >= 0.3 is 0 Å². The Kier molecular flexibility index (Phi) is 5.49. The summed E-state index contributed by atoms with van der Waals surface area (Å²) in [7, 11) is 0. The van der Waals surface area contributed by atoms with Crippen LogP contribution in [-0.4, -0.2) is 37.6 Å². The molecule has 1 saturated heterocycles. The van der Waals surface area contributed by atoms with Crippen molar-refractivity contribution in [3.63, 3.8) is 0 Å². The van der Waals surface area contributed by atoms with E-state index >= 15 is 0 Å². The summed E-state index contributed by atoms with van der Waals surface area (Å²) in [6, 6.07) is 2.25. The van der Waals surface area contributed by atoms with E-state index in [2.05, 4.69) is 34.0 Å². The Morgan fingerprint density at radius 1 is 1.53 bits per heavy atom. The third-order valence-corrected chi connectivity index (χ3v) is 4.26. The molecule has 0 spiro atoms. The summed E-state index contributed by atoms with van der Waals surface area (Å²) < 4.78 is 0. The van der Waals surface area contributed by atoms with Crippen LogP contribution in [0.5, 0.6) is 0 Å². The smallest absolute Gasteiger partial charge is 0.00224 e. The van der Waals surface area contributed by atoms with Gasteiger partial charge in [-0.1, -0.05) is 6.92 Å². The van der Waals surface area contributed by atoms with Gasteiger partial charge in [0.1, 0.15) is 0 Å². The second-order valence-electron chi connectivity index (χ2n) is 5.04. The van der Waals surface area contributed by atoms with Crippen LogP contribution in [0.1, 0.15) is 25.3 Å². The second kappa shape index (κ2) is 7.14. The second-order valence-corrected chi connectivity index (χ2v) is 5.82. The molecule has 0 aromatic carbocycles. The Morgan fingerprint density at radius 2 is 2.47 bits per heavy atom. The standard InChI is InChI=1S/C14H24N2S/c1-2-6-15-10-14-4-8-16(11-14)7-3-13-5-9-17-12-13/h5,9,12,14-15H,2-4,6-8,10-11H2,1H3. The summed E-state index contributed by atoms with van der Waals surface area (Å²) in [4.78, 5) is 2.62. The van der Waals surface area contributed by atoms with Crippen LogP contribution in [0.25, 0.3) is 0 Å². The molecule has 0 aliphatic carbocycles. The molecule has 1 N–H and O–H groups in total. The molecule has 0 radical (unpaired) electrons. The molecule has 1 aliphatic rings. The van der Waals surface area contributed by atoms with E-state index in [9.17, 15) is 0 Å². The number of hydrogen-bond donors (Lipinski definition) is 1. The zero-order valence-electron chi connectivity index (χ0n) is 10.8. The normalized spacial score (nSPS) is 21.1. The molecule has 96 valence electrons. The van der Waals surface area contributed by atoms with E-state index in [0.717, 1.165) is 5.92 Å². The molecule has 1 atom stereocenters. The van der Waals surface area contributed by atoms with E-state index in [1.807, 2.05) is 11.3 Å². The highest BCUT2D eigenvalue weighted by atomic mass is 32.1. The van der Waals surface area contributed by atoms with E-state index in [-0.39, 0.29) is 0 Å². The van der Waals surface area contributed by atoms with E-state index in [1.54, 1.807) is 0 Å². The lowest BCUT2D eigenvalue weighted by atomic mass is 10.1. The zero-order valence-corrected chi connectivity index (χ0v) is 11.6. The van der Waals surface area contributed by atoms with Crippen LogP contribution in [-0.2, 0) is 6.42 Å². The van der Waals surface area contributed by atoms with Crippen LogP contribution in [0.4, 0.5) is 0 Å². The molecule has 0 bridgehead atoms. The lowest BCUT2D eigenvalue weighted by Gasteiger charge is -2.15. The minimum Gasteiger partial charge on any atom is -0.316 e. The molecular formula is C14H24N2S. The van der Waals surface area contributed by atoms with Gasteiger partial charge in [0.25, 0.3) is 0 Å². The fourth-order valence-electron chi connectivity index (χ4n) is 2.49. The molecule has 1 aromatic rings. The van der Waals surface area contributed by atoms with Gasteiger partial charge < -0.3 is 10.2 Å². The minimum atomic E-state index is 0.879. The summed E-state index contributed by atoms with van der Waals surface area (Å²) in [5, 5.41) is 7.99. The largest absolute Gasteiger partial charge is 0.316 e. The first kappa shape index (κ1) is 13.1. The average Bonchev–Trinajstić information content (AvgIpc) is 2.98. The molecule has 1 fully saturated rings. The number of hydrogen-bond acceptors (Lipinski definition) is 3. The maximum atomic E-state index is 3.54. The highest BCUT2D eigenvalue weighted by Gasteiger charge is 2.21. The number of rotatable bonds is 7. The van der Waals surface area contributed by atoms with Crippen molar-refractivity contribution in [3.8, 4) is 0 Å². The monoisotopic (exact) mass is 252 g/mol. The molecule has 1 aromatic heterocycles. The van der Waals surface area contributed by atoms with Crippen molar-refractivity contribution in [2.75, 3.05) is 32.7 Å². The van der Waals surface area contributed by atoms with Gasteiger partial charge in [0.2, 0.25) is 0 Å². The van der Waals surface area contributed by atoms with Gasteiger partial charge in [-0.05, 0) is 67.2 Å². The third-order valence-electron chi connectivity index (χ3n) is 3.53. The topological polar surface area (TPSA) is 15.3 Å². The van der Waals surface area contributed by atoms with E-state index in [1.165, 1.54) is 57.5 Å². The van der Waals surface area contributed by atoms with Gasteiger partial charge in [-0.25, -0.2) is 0 Å². The first-order valence-electron chi connectivity index (χ1n) is 6.82. The molecule has 0 saturated carbocycles. The molecule has 2 nitrogen and oxygen atoms in total. The van der Waals surface area contributed by atoms with E-state index in [0.29, 0.717) is 0 Å². The molecule has 1 unspecified atom stereocenters. The van der Waals surface area contributed by atoms with Gasteiger partial charge in [-0.2, -0.15) is 11.3 Å². The van der Waals surface area contributed by atoms with Gasteiger partial charge in [0.15, 0.2) is 0 Å². The maximum Gasteiger partial charge on any atom is 0.00224 e. The van der Waals surface area contributed by atoms with E-state index in [4.69, 9.17) is 0 Å². The molecule has 0 amide bonds. The van der Waals surface area contributed by atoms with Crippen molar-refractivity contribution in [3.05, 3.63) is 22.4 Å². The first-order chi connectivity index (χ1) is 8.38. The zero-order chi connectivity index (χ0) is 11.9. The molecule has 2 rings (SSSR count). The SMILES string of the molecule is CCCNCC1CCN(CCc2ccsc2)C1. The molecule has 3 heteroatoms. The Balaban J connectivity index is 1.61. The quantitative estimate of drug-likeness (QED) is 0.751. The molecular weight excluding hydrogens is 228 g/mol. The summed E-state index contributed by atoms with van der Waals surface area (Å²) in [6.07, 6.45) is 3.84. The number of thiophene rings is 1. The summed E-state index contributed by atoms with van der Waals surface area (Å²) in [5.74, 6) is 0.879. The van der Waals surface area contributed by atoms with Crippen molar-refractivity contribution in [1.82, 2.24) is 10.2 Å². The number of nitrogens with zero attached hydrogens (tertiary/aromatic N) is 1. The predicted octanol–water partition coefficient (Wildman–Crippen LogP) is 2.61. The Bertz CT molecular complexity index is 297. The van der Waals surface area contributed by atoms with Crippen LogP contribution in [0.2, 0.25) is 0 Å². The van der Waals surface area contributed by atoms with Crippen LogP contribution in [0, 0.1) is 5.92 Å². The maximum absolute atomic E-state index is 3.54. The van der Waals surface area contributed by atoms with Crippen molar-refractivity contribution >= 4 is 11.3 Å². The Morgan fingerprint density at radius 3 is 3.24 bits per heavy atom. The molecule has 2 heterocycles. The minimum absolute atomic E-state index is 0.879. The van der Waals surface area contributed by atoms with Crippen LogP contribution in [0.3, 0.4) is 0 Å². The van der Waals surface area contributed by atoms with Crippen molar-refractivity contribution in [1.29, 1.82) is 0 Å². The Labute approximate surface area is 109 Å². The fraction of sp³-hybridized carbons (Fsp3) is 0.714. The average molecular weight is 252 g/mol. The van der Waals surface area contributed by atoms with Gasteiger partial charge in [0.05, 0.1) is 0 Å². The fourth-order valence-corrected chi connectivity index (χ4v) is 3.19. The van der Waals surface area contributed by atoms with Crippen LogP contribution < -0.4 is 5.32 Å². The summed E-state index contributed by atoms with van der Waals surface area (Å²) in [6.45, 7) is 8.44. The summed E-state index contributed by atoms with van der Waals surface area (Å²) in [5.41, 5.74) is 1.50. The van der Waals surface area contributed by atoms with Crippen molar-refractivity contribution in [2.24, 2.45) is 5.92 Å². The van der Waals surface area contributed by atoms with Gasteiger partial charge in [-0.3, -0.25) is 0 Å².